The van der Waals surface area contributed by atoms with E-state index < -0.39 is 0 Å². The quantitative estimate of drug-likeness (QED) is 0.781. The molecule has 0 spiro atoms. The van der Waals surface area contributed by atoms with Crippen LogP contribution in [0.5, 0.6) is 0 Å². The Morgan fingerprint density at radius 1 is 1.35 bits per heavy atom. The minimum atomic E-state index is -0.0108. The SMILES string of the molecule is CCCCCN(C(=O)c1c(N)c(CC)nn1C)C(C)C. The smallest absolute Gasteiger partial charge is 0.274 e. The molecule has 0 bridgehead atoms. The molecule has 0 aliphatic carbocycles. The van der Waals surface area contributed by atoms with Gasteiger partial charge in [-0.1, -0.05) is 26.7 Å². The average molecular weight is 280 g/mol. The van der Waals surface area contributed by atoms with Crippen molar-refractivity contribution >= 4 is 11.6 Å². The highest BCUT2D eigenvalue weighted by Gasteiger charge is 2.25. The maximum Gasteiger partial charge on any atom is 0.274 e. The van der Waals surface area contributed by atoms with Crippen molar-refractivity contribution in [2.24, 2.45) is 7.05 Å². The van der Waals surface area contributed by atoms with Gasteiger partial charge < -0.3 is 10.6 Å². The van der Waals surface area contributed by atoms with E-state index in [4.69, 9.17) is 5.73 Å². The summed E-state index contributed by atoms with van der Waals surface area (Å²) in [5.74, 6) is -0.0108. The van der Waals surface area contributed by atoms with E-state index >= 15 is 0 Å². The highest BCUT2D eigenvalue weighted by atomic mass is 16.2. The van der Waals surface area contributed by atoms with Gasteiger partial charge in [0.25, 0.3) is 5.91 Å². The van der Waals surface area contributed by atoms with E-state index in [0.29, 0.717) is 11.4 Å². The standard InChI is InChI=1S/C15H28N4O/c1-6-8-9-10-19(11(3)4)15(20)14-13(16)12(7-2)17-18(14)5/h11H,6-10,16H2,1-5H3. The number of rotatable bonds is 7. The van der Waals surface area contributed by atoms with Gasteiger partial charge in [0.1, 0.15) is 5.69 Å². The van der Waals surface area contributed by atoms with Crippen LogP contribution in [-0.2, 0) is 13.5 Å². The number of carbonyl (C=O) groups excluding carboxylic acids is 1. The summed E-state index contributed by atoms with van der Waals surface area (Å²) in [7, 11) is 1.79. The number of hydrogen-bond donors (Lipinski definition) is 1. The molecule has 0 atom stereocenters. The van der Waals surface area contributed by atoms with Crippen LogP contribution in [0.25, 0.3) is 0 Å². The summed E-state index contributed by atoms with van der Waals surface area (Å²) < 4.78 is 1.62. The number of nitrogens with zero attached hydrogens (tertiary/aromatic N) is 3. The van der Waals surface area contributed by atoms with Gasteiger partial charge in [-0.15, -0.1) is 0 Å². The summed E-state index contributed by atoms with van der Waals surface area (Å²) in [4.78, 5) is 14.6. The van der Waals surface area contributed by atoms with Crippen molar-refractivity contribution in [1.29, 1.82) is 0 Å². The van der Waals surface area contributed by atoms with Crippen molar-refractivity contribution < 1.29 is 4.79 Å². The predicted molar refractivity (Wildman–Crippen MR) is 82.7 cm³/mol. The molecule has 0 aliphatic rings. The monoisotopic (exact) mass is 280 g/mol. The highest BCUT2D eigenvalue weighted by Crippen LogP contribution is 2.20. The maximum atomic E-state index is 12.7. The fraction of sp³-hybridized carbons (Fsp3) is 0.733. The van der Waals surface area contributed by atoms with Gasteiger partial charge in [-0.2, -0.15) is 5.10 Å². The Labute approximate surface area is 122 Å². The van der Waals surface area contributed by atoms with Crippen LogP contribution in [0, 0.1) is 0 Å². The average Bonchev–Trinajstić information content (AvgIpc) is 2.68. The summed E-state index contributed by atoms with van der Waals surface area (Å²) >= 11 is 0. The Hall–Kier alpha value is -1.52. The van der Waals surface area contributed by atoms with Crippen molar-refractivity contribution in [1.82, 2.24) is 14.7 Å². The summed E-state index contributed by atoms with van der Waals surface area (Å²) in [6.45, 7) is 9.01. The van der Waals surface area contributed by atoms with Crippen molar-refractivity contribution in [3.63, 3.8) is 0 Å². The van der Waals surface area contributed by atoms with Crippen molar-refractivity contribution in [3.05, 3.63) is 11.4 Å². The van der Waals surface area contributed by atoms with Crippen LogP contribution in [-0.4, -0.2) is 33.2 Å². The lowest BCUT2D eigenvalue weighted by molar-refractivity contribution is 0.0692. The van der Waals surface area contributed by atoms with E-state index in [0.717, 1.165) is 37.9 Å². The number of amides is 1. The highest BCUT2D eigenvalue weighted by molar-refractivity contribution is 5.98. The number of carbonyl (C=O) groups is 1. The molecule has 1 rings (SSSR count). The fourth-order valence-corrected chi connectivity index (χ4v) is 2.37. The topological polar surface area (TPSA) is 64.2 Å². The predicted octanol–water partition coefficient (Wildman–Crippen LogP) is 2.61. The van der Waals surface area contributed by atoms with Gasteiger partial charge in [-0.05, 0) is 26.7 Å². The number of nitrogen functional groups attached to an aromatic ring is 1. The number of hydrogen-bond acceptors (Lipinski definition) is 3. The third kappa shape index (κ3) is 3.52. The number of unbranched alkanes of at least 4 members (excludes halogenated alkanes) is 2. The first-order chi connectivity index (χ1) is 9.43. The summed E-state index contributed by atoms with van der Waals surface area (Å²) in [5, 5.41) is 4.33. The van der Waals surface area contributed by atoms with Gasteiger partial charge in [0.05, 0.1) is 11.4 Å². The fourth-order valence-electron chi connectivity index (χ4n) is 2.37. The van der Waals surface area contributed by atoms with Gasteiger partial charge in [0.15, 0.2) is 0 Å². The lowest BCUT2D eigenvalue weighted by Crippen LogP contribution is -2.39. The Balaban J connectivity index is 2.97. The molecular formula is C15H28N4O. The maximum absolute atomic E-state index is 12.7. The molecule has 0 aliphatic heterocycles. The second-order valence-corrected chi connectivity index (χ2v) is 5.49. The molecule has 114 valence electrons. The van der Waals surface area contributed by atoms with E-state index in [2.05, 4.69) is 12.0 Å². The van der Waals surface area contributed by atoms with Crippen LogP contribution in [0.4, 0.5) is 5.69 Å². The van der Waals surface area contributed by atoms with Crippen molar-refractivity contribution in [2.75, 3.05) is 12.3 Å². The van der Waals surface area contributed by atoms with Gasteiger partial charge in [-0.25, -0.2) is 0 Å². The molecule has 20 heavy (non-hydrogen) atoms. The van der Waals surface area contributed by atoms with Crippen LogP contribution in [0.15, 0.2) is 0 Å². The minimum Gasteiger partial charge on any atom is -0.395 e. The Morgan fingerprint density at radius 3 is 2.45 bits per heavy atom. The third-order valence-corrected chi connectivity index (χ3v) is 3.58. The number of anilines is 1. The van der Waals surface area contributed by atoms with E-state index in [1.165, 1.54) is 0 Å². The first-order valence-electron chi connectivity index (χ1n) is 7.56. The Morgan fingerprint density at radius 2 is 2.00 bits per heavy atom. The normalized spacial score (nSPS) is 11.1. The molecule has 0 fully saturated rings. The van der Waals surface area contributed by atoms with E-state index in [-0.39, 0.29) is 11.9 Å². The zero-order chi connectivity index (χ0) is 15.3. The molecule has 2 N–H and O–H groups in total. The third-order valence-electron chi connectivity index (χ3n) is 3.58. The molecule has 1 amide bonds. The van der Waals surface area contributed by atoms with Gasteiger partial charge >= 0.3 is 0 Å². The van der Waals surface area contributed by atoms with E-state index in [1.54, 1.807) is 11.7 Å². The molecule has 0 saturated heterocycles. The zero-order valence-corrected chi connectivity index (χ0v) is 13.4. The van der Waals surface area contributed by atoms with Gasteiger partial charge in [0.2, 0.25) is 0 Å². The van der Waals surface area contributed by atoms with E-state index in [9.17, 15) is 4.79 Å². The van der Waals surface area contributed by atoms with Crippen molar-refractivity contribution in [3.8, 4) is 0 Å². The largest absolute Gasteiger partial charge is 0.395 e. The lowest BCUT2D eigenvalue weighted by atomic mass is 10.2. The van der Waals surface area contributed by atoms with Gasteiger partial charge in [-0.3, -0.25) is 9.48 Å². The first-order valence-corrected chi connectivity index (χ1v) is 7.56. The molecule has 0 unspecified atom stereocenters. The van der Waals surface area contributed by atoms with Crippen LogP contribution < -0.4 is 5.73 Å². The van der Waals surface area contributed by atoms with Crippen LogP contribution in [0.3, 0.4) is 0 Å². The molecule has 1 heterocycles. The summed E-state index contributed by atoms with van der Waals surface area (Å²) in [6, 6.07) is 0.165. The zero-order valence-electron chi connectivity index (χ0n) is 13.4. The molecular weight excluding hydrogens is 252 g/mol. The second-order valence-electron chi connectivity index (χ2n) is 5.49. The Bertz CT molecular complexity index is 451. The molecule has 1 aromatic heterocycles. The second kappa shape index (κ2) is 7.31. The Kier molecular flexibility index (Phi) is 6.05. The number of nitrogens with two attached hydrogens (primary N) is 1. The van der Waals surface area contributed by atoms with Crippen LogP contribution >= 0.6 is 0 Å². The number of aromatic nitrogens is 2. The first kappa shape index (κ1) is 16.5. The van der Waals surface area contributed by atoms with Crippen LogP contribution in [0.2, 0.25) is 0 Å². The van der Waals surface area contributed by atoms with Crippen molar-refractivity contribution in [2.45, 2.75) is 59.4 Å². The summed E-state index contributed by atoms with van der Waals surface area (Å²) in [5.41, 5.74) is 7.93. The molecule has 5 nitrogen and oxygen atoms in total. The lowest BCUT2D eigenvalue weighted by Gasteiger charge is -2.27. The minimum absolute atomic E-state index is 0.0108. The number of aryl methyl sites for hydroxylation is 2. The van der Waals surface area contributed by atoms with E-state index in [1.807, 2.05) is 25.7 Å². The molecule has 0 radical (unpaired) electrons. The van der Waals surface area contributed by atoms with Gasteiger partial charge in [0, 0.05) is 19.6 Å². The van der Waals surface area contributed by atoms with Crippen LogP contribution in [0.1, 0.15) is 63.1 Å². The molecule has 5 heteroatoms. The molecule has 1 aromatic rings. The molecule has 0 aromatic carbocycles. The summed E-state index contributed by atoms with van der Waals surface area (Å²) in [6.07, 6.45) is 4.05. The molecule has 0 saturated carbocycles.